The lowest BCUT2D eigenvalue weighted by Crippen LogP contribution is -2.23. The van der Waals surface area contributed by atoms with Crippen molar-refractivity contribution in [3.63, 3.8) is 0 Å². The van der Waals surface area contributed by atoms with E-state index in [0.717, 1.165) is 30.6 Å². The van der Waals surface area contributed by atoms with Gasteiger partial charge in [0.15, 0.2) is 11.6 Å². The molecule has 1 N–H and O–H groups in total. The van der Waals surface area contributed by atoms with Crippen LogP contribution in [0.3, 0.4) is 0 Å². The minimum absolute atomic E-state index is 0.0642. The molecule has 0 radical (unpaired) electrons. The van der Waals surface area contributed by atoms with Gasteiger partial charge in [-0.2, -0.15) is 5.10 Å². The summed E-state index contributed by atoms with van der Waals surface area (Å²) in [5.41, 5.74) is 1.91. The summed E-state index contributed by atoms with van der Waals surface area (Å²) in [6.45, 7) is 5.82. The van der Waals surface area contributed by atoms with E-state index in [9.17, 15) is 4.39 Å². The van der Waals surface area contributed by atoms with Gasteiger partial charge >= 0.3 is 0 Å². The second kappa shape index (κ2) is 7.22. The molecule has 21 heavy (non-hydrogen) atoms. The fraction of sp³-hybridized carbons (Fsp3) is 0.438. The maximum absolute atomic E-state index is 13.9. The van der Waals surface area contributed by atoms with Crippen LogP contribution in [0.1, 0.15) is 37.4 Å². The third kappa shape index (κ3) is 3.61. The second-order valence-corrected chi connectivity index (χ2v) is 4.91. The average Bonchev–Trinajstić information content (AvgIpc) is 2.96. The van der Waals surface area contributed by atoms with Crippen molar-refractivity contribution in [1.29, 1.82) is 0 Å². The number of hydrogen-bond donors (Lipinski definition) is 1. The lowest BCUT2D eigenvalue weighted by molar-refractivity contribution is 0.385. The summed E-state index contributed by atoms with van der Waals surface area (Å²) in [5.74, 6) is -0.0848. The SMILES string of the molecule is CCCNC(c1ccc(OC)c(F)c1)c1cnn(CC)c1. The zero-order chi connectivity index (χ0) is 15.2. The molecular formula is C16H22FN3O. The first-order chi connectivity index (χ1) is 10.2. The molecule has 0 fully saturated rings. The minimum Gasteiger partial charge on any atom is -0.494 e. The number of hydrogen-bond acceptors (Lipinski definition) is 3. The fourth-order valence-corrected chi connectivity index (χ4v) is 2.28. The molecule has 0 saturated heterocycles. The van der Waals surface area contributed by atoms with Crippen molar-refractivity contribution in [3.8, 4) is 5.75 Å². The van der Waals surface area contributed by atoms with Gasteiger partial charge in [0, 0.05) is 18.3 Å². The Morgan fingerprint density at radius 3 is 2.71 bits per heavy atom. The standard InChI is InChI=1S/C16H22FN3O/c1-4-8-18-16(13-10-19-20(5-2)11-13)12-6-7-15(21-3)14(17)9-12/h6-7,9-11,16,18H,4-5,8H2,1-3H3. The molecule has 0 aliphatic heterocycles. The largest absolute Gasteiger partial charge is 0.494 e. The predicted molar refractivity (Wildman–Crippen MR) is 81.0 cm³/mol. The Labute approximate surface area is 124 Å². The highest BCUT2D eigenvalue weighted by atomic mass is 19.1. The first-order valence-electron chi connectivity index (χ1n) is 7.28. The van der Waals surface area contributed by atoms with Crippen LogP contribution in [-0.4, -0.2) is 23.4 Å². The maximum Gasteiger partial charge on any atom is 0.165 e. The van der Waals surface area contributed by atoms with Gasteiger partial charge in [0.25, 0.3) is 0 Å². The first-order valence-corrected chi connectivity index (χ1v) is 7.28. The van der Waals surface area contributed by atoms with E-state index in [-0.39, 0.29) is 17.6 Å². The number of nitrogens with one attached hydrogen (secondary N) is 1. The number of ether oxygens (including phenoxy) is 1. The zero-order valence-electron chi connectivity index (χ0n) is 12.8. The third-order valence-corrected chi connectivity index (χ3v) is 3.42. The van der Waals surface area contributed by atoms with Crippen molar-refractivity contribution >= 4 is 0 Å². The van der Waals surface area contributed by atoms with Crippen LogP contribution in [0.4, 0.5) is 4.39 Å². The van der Waals surface area contributed by atoms with Crippen molar-refractivity contribution in [1.82, 2.24) is 15.1 Å². The van der Waals surface area contributed by atoms with E-state index in [1.165, 1.54) is 13.2 Å². The molecule has 1 atom stereocenters. The summed E-state index contributed by atoms with van der Waals surface area (Å²) in [4.78, 5) is 0. The van der Waals surface area contributed by atoms with Gasteiger partial charge in [0.1, 0.15) is 0 Å². The molecule has 2 rings (SSSR count). The van der Waals surface area contributed by atoms with Gasteiger partial charge < -0.3 is 10.1 Å². The number of rotatable bonds is 7. The molecule has 0 bridgehead atoms. The Hall–Kier alpha value is -1.88. The Balaban J connectivity index is 2.32. The minimum atomic E-state index is -0.346. The van der Waals surface area contributed by atoms with E-state index in [0.29, 0.717) is 0 Å². The second-order valence-electron chi connectivity index (χ2n) is 4.91. The van der Waals surface area contributed by atoms with Crippen LogP contribution in [0.5, 0.6) is 5.75 Å². The summed E-state index contributed by atoms with van der Waals surface area (Å²) in [7, 11) is 1.47. The topological polar surface area (TPSA) is 39.1 Å². The lowest BCUT2D eigenvalue weighted by Gasteiger charge is -2.18. The van der Waals surface area contributed by atoms with Crippen LogP contribution in [0.15, 0.2) is 30.6 Å². The van der Waals surface area contributed by atoms with Crippen molar-refractivity contribution in [2.45, 2.75) is 32.9 Å². The summed E-state index contributed by atoms with van der Waals surface area (Å²) in [6.07, 6.45) is 4.84. The van der Waals surface area contributed by atoms with E-state index in [2.05, 4.69) is 17.3 Å². The predicted octanol–water partition coefficient (Wildman–Crippen LogP) is 3.14. The number of benzene rings is 1. The Bertz CT molecular complexity index is 583. The number of methoxy groups -OCH3 is 1. The first kappa shape index (κ1) is 15.5. The van der Waals surface area contributed by atoms with Crippen LogP contribution in [0.2, 0.25) is 0 Å². The number of aromatic nitrogens is 2. The molecule has 2 aromatic rings. The molecule has 0 amide bonds. The van der Waals surface area contributed by atoms with Crippen LogP contribution < -0.4 is 10.1 Å². The highest BCUT2D eigenvalue weighted by Gasteiger charge is 2.17. The highest BCUT2D eigenvalue weighted by molar-refractivity contribution is 5.35. The van der Waals surface area contributed by atoms with E-state index in [1.54, 1.807) is 6.07 Å². The molecule has 0 saturated carbocycles. The molecule has 1 heterocycles. The van der Waals surface area contributed by atoms with Gasteiger partial charge in [-0.15, -0.1) is 0 Å². The van der Waals surface area contributed by atoms with Gasteiger partial charge in [-0.3, -0.25) is 4.68 Å². The van der Waals surface area contributed by atoms with Gasteiger partial charge in [-0.05, 0) is 37.6 Å². The van der Waals surface area contributed by atoms with Gasteiger partial charge in [-0.25, -0.2) is 4.39 Å². The maximum atomic E-state index is 13.9. The number of halogens is 1. The lowest BCUT2D eigenvalue weighted by atomic mass is 10.0. The van der Waals surface area contributed by atoms with Crippen LogP contribution >= 0.6 is 0 Å². The summed E-state index contributed by atoms with van der Waals surface area (Å²) in [5, 5.41) is 7.75. The van der Waals surface area contributed by atoms with Crippen molar-refractivity contribution in [3.05, 3.63) is 47.5 Å². The molecule has 4 nitrogen and oxygen atoms in total. The summed E-state index contributed by atoms with van der Waals surface area (Å²) < 4.78 is 20.8. The van der Waals surface area contributed by atoms with Crippen LogP contribution in [0.25, 0.3) is 0 Å². The fourth-order valence-electron chi connectivity index (χ4n) is 2.28. The number of aryl methyl sites for hydroxylation is 1. The normalized spacial score (nSPS) is 12.4. The van der Waals surface area contributed by atoms with E-state index < -0.39 is 0 Å². The zero-order valence-corrected chi connectivity index (χ0v) is 12.8. The molecule has 0 aliphatic rings. The van der Waals surface area contributed by atoms with E-state index >= 15 is 0 Å². The average molecular weight is 291 g/mol. The monoisotopic (exact) mass is 291 g/mol. The number of nitrogens with zero attached hydrogens (tertiary/aromatic N) is 2. The van der Waals surface area contributed by atoms with Crippen molar-refractivity contribution in [2.75, 3.05) is 13.7 Å². The molecule has 1 aromatic heterocycles. The van der Waals surface area contributed by atoms with Crippen LogP contribution in [-0.2, 0) is 6.54 Å². The molecule has 5 heteroatoms. The van der Waals surface area contributed by atoms with Crippen molar-refractivity contribution in [2.24, 2.45) is 0 Å². The van der Waals surface area contributed by atoms with Gasteiger partial charge in [0.2, 0.25) is 0 Å². The van der Waals surface area contributed by atoms with Crippen molar-refractivity contribution < 1.29 is 9.13 Å². The van der Waals surface area contributed by atoms with E-state index in [4.69, 9.17) is 4.74 Å². The third-order valence-electron chi connectivity index (χ3n) is 3.42. The molecule has 114 valence electrons. The van der Waals surface area contributed by atoms with Gasteiger partial charge in [0.05, 0.1) is 19.3 Å². The van der Waals surface area contributed by atoms with E-state index in [1.807, 2.05) is 30.1 Å². The Kier molecular flexibility index (Phi) is 5.33. The summed E-state index contributed by atoms with van der Waals surface area (Å²) in [6, 6.07) is 5.01. The Morgan fingerprint density at radius 2 is 2.14 bits per heavy atom. The summed E-state index contributed by atoms with van der Waals surface area (Å²) >= 11 is 0. The molecule has 0 spiro atoms. The highest BCUT2D eigenvalue weighted by Crippen LogP contribution is 2.26. The quantitative estimate of drug-likeness (QED) is 0.852. The molecule has 1 aromatic carbocycles. The van der Waals surface area contributed by atoms with Crippen LogP contribution in [0, 0.1) is 5.82 Å². The van der Waals surface area contributed by atoms with Gasteiger partial charge in [-0.1, -0.05) is 13.0 Å². The molecule has 0 aliphatic carbocycles. The molecular weight excluding hydrogens is 269 g/mol. The smallest absolute Gasteiger partial charge is 0.165 e. The molecule has 1 unspecified atom stereocenters. The Morgan fingerprint density at radius 1 is 1.33 bits per heavy atom.